The third-order valence-corrected chi connectivity index (χ3v) is 5.69. The van der Waals surface area contributed by atoms with Crippen molar-refractivity contribution >= 4 is 10.8 Å². The Balaban J connectivity index is 1.96. The van der Waals surface area contributed by atoms with Gasteiger partial charge in [-0.25, -0.2) is 0 Å². The molecule has 1 aliphatic heterocycles. The molecule has 1 aromatic rings. The number of hydrogen-bond acceptors (Lipinski definition) is 4. The molecule has 0 amide bonds. The van der Waals surface area contributed by atoms with Crippen LogP contribution in [-0.4, -0.2) is 42.1 Å². The van der Waals surface area contributed by atoms with Gasteiger partial charge in [-0.2, -0.15) is 0 Å². The fraction of sp³-hybridized carbons (Fsp3) is 0.625. The Labute approximate surface area is 129 Å². The van der Waals surface area contributed by atoms with Crippen molar-refractivity contribution in [2.24, 2.45) is 0 Å². The van der Waals surface area contributed by atoms with Gasteiger partial charge >= 0.3 is 0 Å². The lowest BCUT2D eigenvalue weighted by Crippen LogP contribution is -2.31. The Kier molecular flexibility index (Phi) is 6.67. The third-order valence-electron chi connectivity index (χ3n) is 3.81. The van der Waals surface area contributed by atoms with Crippen LogP contribution in [0.4, 0.5) is 0 Å². The van der Waals surface area contributed by atoms with E-state index in [1.807, 2.05) is 38.2 Å². The van der Waals surface area contributed by atoms with Crippen LogP contribution >= 0.6 is 0 Å². The van der Waals surface area contributed by atoms with Crippen molar-refractivity contribution in [3.8, 4) is 5.75 Å². The highest BCUT2D eigenvalue weighted by atomic mass is 32.2. The van der Waals surface area contributed by atoms with E-state index >= 15 is 0 Å². The number of ether oxygens (including phenoxy) is 2. The largest absolute Gasteiger partial charge is 0.494 e. The molecule has 0 spiro atoms. The SMILES string of the molecule is CCOc1ccc(C(CS(=O)C2CCOCC2)NC)cc1. The van der Waals surface area contributed by atoms with Crippen molar-refractivity contribution in [1.29, 1.82) is 0 Å². The predicted molar refractivity (Wildman–Crippen MR) is 86.3 cm³/mol. The maximum absolute atomic E-state index is 12.5. The van der Waals surface area contributed by atoms with E-state index in [0.717, 1.165) is 37.4 Å². The molecule has 2 rings (SSSR count). The van der Waals surface area contributed by atoms with Gasteiger partial charge in [0.05, 0.1) is 6.61 Å². The Bertz CT molecular complexity index is 443. The van der Waals surface area contributed by atoms with Crippen LogP contribution in [0.1, 0.15) is 31.4 Å². The smallest absolute Gasteiger partial charge is 0.119 e. The first-order chi connectivity index (χ1) is 10.2. The van der Waals surface area contributed by atoms with Crippen LogP contribution < -0.4 is 10.1 Å². The molecule has 1 aromatic carbocycles. The van der Waals surface area contributed by atoms with E-state index in [0.29, 0.717) is 12.4 Å². The second-order valence-electron chi connectivity index (χ2n) is 5.20. The van der Waals surface area contributed by atoms with Gasteiger partial charge in [-0.05, 0) is 44.5 Å². The van der Waals surface area contributed by atoms with Crippen molar-refractivity contribution in [3.05, 3.63) is 29.8 Å². The summed E-state index contributed by atoms with van der Waals surface area (Å²) in [5.41, 5.74) is 1.15. The summed E-state index contributed by atoms with van der Waals surface area (Å²) < 4.78 is 23.3. The molecule has 0 bridgehead atoms. The van der Waals surface area contributed by atoms with Crippen LogP contribution in [0.25, 0.3) is 0 Å². The summed E-state index contributed by atoms with van der Waals surface area (Å²) in [6.45, 7) is 4.12. The minimum absolute atomic E-state index is 0.115. The highest BCUT2D eigenvalue weighted by molar-refractivity contribution is 7.85. The van der Waals surface area contributed by atoms with Gasteiger partial charge in [-0.1, -0.05) is 12.1 Å². The van der Waals surface area contributed by atoms with Crippen molar-refractivity contribution in [3.63, 3.8) is 0 Å². The minimum Gasteiger partial charge on any atom is -0.494 e. The lowest BCUT2D eigenvalue weighted by molar-refractivity contribution is 0.0992. The van der Waals surface area contributed by atoms with Crippen molar-refractivity contribution in [1.82, 2.24) is 5.32 Å². The molecule has 1 N–H and O–H groups in total. The molecule has 5 heteroatoms. The highest BCUT2D eigenvalue weighted by Gasteiger charge is 2.23. The van der Waals surface area contributed by atoms with E-state index in [1.54, 1.807) is 0 Å². The first-order valence-electron chi connectivity index (χ1n) is 7.59. The first kappa shape index (κ1) is 16.5. The van der Waals surface area contributed by atoms with Crippen LogP contribution in [-0.2, 0) is 15.5 Å². The van der Waals surface area contributed by atoms with Crippen molar-refractivity contribution < 1.29 is 13.7 Å². The molecule has 1 saturated heterocycles. The molecule has 1 fully saturated rings. The van der Waals surface area contributed by atoms with E-state index < -0.39 is 10.8 Å². The van der Waals surface area contributed by atoms with Gasteiger partial charge in [-0.3, -0.25) is 4.21 Å². The van der Waals surface area contributed by atoms with Crippen LogP contribution in [0.15, 0.2) is 24.3 Å². The predicted octanol–water partition coefficient (Wildman–Crippen LogP) is 2.27. The van der Waals surface area contributed by atoms with E-state index in [9.17, 15) is 4.21 Å². The van der Waals surface area contributed by atoms with Crippen LogP contribution in [0.2, 0.25) is 0 Å². The molecule has 0 radical (unpaired) electrons. The van der Waals surface area contributed by atoms with Gasteiger partial charge in [0.15, 0.2) is 0 Å². The zero-order valence-electron chi connectivity index (χ0n) is 12.8. The number of rotatable bonds is 7. The molecule has 1 heterocycles. The summed E-state index contributed by atoms with van der Waals surface area (Å²) in [6.07, 6.45) is 1.82. The van der Waals surface area contributed by atoms with Gasteiger partial charge in [0.1, 0.15) is 5.75 Å². The molecule has 0 aliphatic carbocycles. The van der Waals surface area contributed by atoms with Crippen molar-refractivity contribution in [2.45, 2.75) is 31.1 Å². The maximum Gasteiger partial charge on any atom is 0.119 e. The topological polar surface area (TPSA) is 47.6 Å². The summed E-state index contributed by atoms with van der Waals surface area (Å²) in [4.78, 5) is 0. The molecular weight excluding hydrogens is 286 g/mol. The molecule has 0 aromatic heterocycles. The lowest BCUT2D eigenvalue weighted by Gasteiger charge is -2.24. The fourth-order valence-electron chi connectivity index (χ4n) is 2.55. The normalized spacial score (nSPS) is 19.1. The molecule has 118 valence electrons. The minimum atomic E-state index is -0.819. The maximum atomic E-state index is 12.5. The number of nitrogens with one attached hydrogen (secondary N) is 1. The molecule has 21 heavy (non-hydrogen) atoms. The van der Waals surface area contributed by atoms with E-state index in [2.05, 4.69) is 5.32 Å². The zero-order valence-corrected chi connectivity index (χ0v) is 13.7. The second-order valence-corrected chi connectivity index (χ2v) is 6.96. The monoisotopic (exact) mass is 311 g/mol. The molecule has 4 nitrogen and oxygen atoms in total. The Morgan fingerprint density at radius 2 is 2.00 bits per heavy atom. The summed E-state index contributed by atoms with van der Waals surface area (Å²) in [7, 11) is 1.10. The first-order valence-corrected chi connectivity index (χ1v) is 8.97. The average molecular weight is 311 g/mol. The summed E-state index contributed by atoms with van der Waals surface area (Å²) >= 11 is 0. The standard InChI is InChI=1S/C16H25NO3S/c1-3-20-14-6-4-13(5-7-14)16(17-2)12-21(18)15-8-10-19-11-9-15/h4-7,15-17H,3,8-12H2,1-2H3. The lowest BCUT2D eigenvalue weighted by atomic mass is 10.1. The quantitative estimate of drug-likeness (QED) is 0.839. The summed E-state index contributed by atoms with van der Waals surface area (Å²) in [6, 6.07) is 8.16. The van der Waals surface area contributed by atoms with Crippen LogP contribution in [0.5, 0.6) is 5.75 Å². The molecule has 2 atom stereocenters. The summed E-state index contributed by atoms with van der Waals surface area (Å²) in [5.74, 6) is 1.52. The Hall–Kier alpha value is -0.910. The molecule has 2 unspecified atom stereocenters. The van der Waals surface area contributed by atoms with Gasteiger partial charge in [0, 0.05) is 41.1 Å². The molecule has 1 aliphatic rings. The Morgan fingerprint density at radius 3 is 2.57 bits per heavy atom. The van der Waals surface area contributed by atoms with Crippen LogP contribution in [0.3, 0.4) is 0 Å². The Morgan fingerprint density at radius 1 is 1.33 bits per heavy atom. The average Bonchev–Trinajstić information content (AvgIpc) is 2.54. The highest BCUT2D eigenvalue weighted by Crippen LogP contribution is 2.21. The van der Waals surface area contributed by atoms with Gasteiger partial charge in [-0.15, -0.1) is 0 Å². The van der Waals surface area contributed by atoms with E-state index in [-0.39, 0.29) is 11.3 Å². The van der Waals surface area contributed by atoms with Crippen molar-refractivity contribution in [2.75, 3.05) is 32.6 Å². The molecular formula is C16H25NO3S. The zero-order chi connectivity index (χ0) is 15.1. The van der Waals surface area contributed by atoms with Gasteiger partial charge < -0.3 is 14.8 Å². The van der Waals surface area contributed by atoms with E-state index in [1.165, 1.54) is 0 Å². The number of hydrogen-bond donors (Lipinski definition) is 1. The molecule has 0 saturated carbocycles. The second kappa shape index (κ2) is 8.51. The fourth-order valence-corrected chi connectivity index (χ4v) is 4.23. The third kappa shape index (κ3) is 4.80. The summed E-state index contributed by atoms with van der Waals surface area (Å²) in [5, 5.41) is 3.55. The van der Waals surface area contributed by atoms with E-state index in [4.69, 9.17) is 9.47 Å². The van der Waals surface area contributed by atoms with Gasteiger partial charge in [0.25, 0.3) is 0 Å². The van der Waals surface area contributed by atoms with Gasteiger partial charge in [0.2, 0.25) is 0 Å². The van der Waals surface area contributed by atoms with Crippen LogP contribution in [0, 0.1) is 0 Å². The number of benzene rings is 1.